The van der Waals surface area contributed by atoms with E-state index in [4.69, 9.17) is 0 Å². The second-order valence-corrected chi connectivity index (χ2v) is 9.04. The number of amides is 1. The molecule has 0 aliphatic carbocycles. The van der Waals surface area contributed by atoms with Gasteiger partial charge < -0.3 is 15.1 Å². The molecule has 1 aliphatic rings. The van der Waals surface area contributed by atoms with E-state index in [9.17, 15) is 14.9 Å². The van der Waals surface area contributed by atoms with Crippen LogP contribution in [-0.4, -0.2) is 48.5 Å². The summed E-state index contributed by atoms with van der Waals surface area (Å²) in [7, 11) is 0. The lowest BCUT2D eigenvalue weighted by Crippen LogP contribution is -2.49. The van der Waals surface area contributed by atoms with Crippen molar-refractivity contribution in [3.05, 3.63) is 97.6 Å². The van der Waals surface area contributed by atoms with E-state index in [0.717, 1.165) is 21.2 Å². The standard InChI is InChI=1S/C25H25IN4O3/c26-22-9-5-4-8-21(22)25(31)29-16-14-28(15-17-29)20-10-11-24(30(32)33)23(18-20)27-13-12-19-6-2-1-3-7-19/h1-11,18,27H,12-17H2. The quantitative estimate of drug-likeness (QED) is 0.257. The van der Waals surface area contributed by atoms with Crippen LogP contribution in [0.5, 0.6) is 0 Å². The van der Waals surface area contributed by atoms with Gasteiger partial charge in [-0.25, -0.2) is 0 Å². The van der Waals surface area contributed by atoms with Crippen LogP contribution in [0.3, 0.4) is 0 Å². The van der Waals surface area contributed by atoms with Gasteiger partial charge in [-0.05, 0) is 58.8 Å². The fourth-order valence-corrected chi connectivity index (χ4v) is 4.60. The Morgan fingerprint density at radius 2 is 1.67 bits per heavy atom. The van der Waals surface area contributed by atoms with Crippen molar-refractivity contribution in [1.82, 2.24) is 4.90 Å². The Hall–Kier alpha value is -3.14. The zero-order valence-electron chi connectivity index (χ0n) is 18.1. The highest BCUT2D eigenvalue weighted by molar-refractivity contribution is 14.1. The lowest BCUT2D eigenvalue weighted by atomic mass is 10.1. The minimum absolute atomic E-state index is 0.0478. The van der Waals surface area contributed by atoms with Crippen molar-refractivity contribution >= 4 is 45.6 Å². The predicted octanol–water partition coefficient (Wildman–Crippen LogP) is 4.82. The molecule has 170 valence electrons. The van der Waals surface area contributed by atoms with Gasteiger partial charge in [0.1, 0.15) is 5.69 Å². The van der Waals surface area contributed by atoms with Crippen LogP contribution in [0.1, 0.15) is 15.9 Å². The first-order valence-corrected chi connectivity index (χ1v) is 12.0. The van der Waals surface area contributed by atoms with Crippen molar-refractivity contribution in [1.29, 1.82) is 0 Å². The average molecular weight is 556 g/mol. The van der Waals surface area contributed by atoms with Crippen molar-refractivity contribution in [3.63, 3.8) is 0 Å². The Balaban J connectivity index is 1.41. The maximum atomic E-state index is 12.9. The van der Waals surface area contributed by atoms with Crippen LogP contribution < -0.4 is 10.2 Å². The number of piperazine rings is 1. The van der Waals surface area contributed by atoms with Gasteiger partial charge in [-0.3, -0.25) is 14.9 Å². The van der Waals surface area contributed by atoms with Gasteiger partial charge >= 0.3 is 0 Å². The molecule has 1 amide bonds. The molecule has 33 heavy (non-hydrogen) atoms. The Morgan fingerprint density at radius 3 is 2.36 bits per heavy atom. The number of benzene rings is 3. The molecule has 0 spiro atoms. The van der Waals surface area contributed by atoms with Crippen LogP contribution >= 0.6 is 22.6 Å². The fraction of sp³-hybridized carbons (Fsp3) is 0.240. The molecular weight excluding hydrogens is 531 g/mol. The average Bonchev–Trinajstić information content (AvgIpc) is 2.84. The molecule has 1 saturated heterocycles. The van der Waals surface area contributed by atoms with Crippen molar-refractivity contribution in [2.24, 2.45) is 0 Å². The maximum Gasteiger partial charge on any atom is 0.292 e. The van der Waals surface area contributed by atoms with Gasteiger partial charge in [0.2, 0.25) is 0 Å². The molecule has 0 radical (unpaired) electrons. The number of rotatable bonds is 7. The molecule has 0 bridgehead atoms. The summed E-state index contributed by atoms with van der Waals surface area (Å²) in [5.41, 5.74) is 3.42. The van der Waals surface area contributed by atoms with Crippen LogP contribution in [0.2, 0.25) is 0 Å². The van der Waals surface area contributed by atoms with E-state index in [1.54, 1.807) is 12.1 Å². The minimum atomic E-state index is -0.354. The van der Waals surface area contributed by atoms with E-state index in [0.29, 0.717) is 38.4 Å². The fourth-order valence-electron chi connectivity index (χ4n) is 3.98. The summed E-state index contributed by atoms with van der Waals surface area (Å²) in [6, 6.07) is 22.8. The molecular formula is C25H25IN4O3. The molecule has 7 nitrogen and oxygen atoms in total. The first-order valence-electron chi connectivity index (χ1n) is 10.9. The number of hydrogen-bond donors (Lipinski definition) is 1. The van der Waals surface area contributed by atoms with Crippen LogP contribution in [0.15, 0.2) is 72.8 Å². The number of nitrogens with zero attached hydrogens (tertiary/aromatic N) is 3. The molecule has 0 aromatic heterocycles. The minimum Gasteiger partial charge on any atom is -0.379 e. The summed E-state index contributed by atoms with van der Waals surface area (Å²) in [5, 5.41) is 14.8. The molecule has 3 aromatic rings. The van der Waals surface area contributed by atoms with Gasteiger partial charge in [-0.1, -0.05) is 42.5 Å². The van der Waals surface area contributed by atoms with Crippen LogP contribution in [0.25, 0.3) is 0 Å². The Labute approximate surface area is 206 Å². The highest BCUT2D eigenvalue weighted by atomic mass is 127. The summed E-state index contributed by atoms with van der Waals surface area (Å²) in [6.07, 6.45) is 0.779. The Morgan fingerprint density at radius 1 is 0.970 bits per heavy atom. The molecule has 1 N–H and O–H groups in total. The number of nitrogens with one attached hydrogen (secondary N) is 1. The van der Waals surface area contributed by atoms with Gasteiger partial charge in [-0.15, -0.1) is 0 Å². The number of hydrogen-bond acceptors (Lipinski definition) is 5. The third-order valence-corrected chi connectivity index (χ3v) is 6.73. The van der Waals surface area contributed by atoms with Crippen LogP contribution in [-0.2, 0) is 6.42 Å². The second-order valence-electron chi connectivity index (χ2n) is 7.88. The van der Waals surface area contributed by atoms with Crippen molar-refractivity contribution < 1.29 is 9.72 Å². The first-order chi connectivity index (χ1) is 16.0. The highest BCUT2D eigenvalue weighted by Gasteiger charge is 2.24. The van der Waals surface area contributed by atoms with Gasteiger partial charge in [0, 0.05) is 48.0 Å². The maximum absolute atomic E-state index is 12.9. The van der Waals surface area contributed by atoms with E-state index in [2.05, 4.69) is 32.8 Å². The van der Waals surface area contributed by atoms with Gasteiger partial charge in [0.15, 0.2) is 0 Å². The smallest absolute Gasteiger partial charge is 0.292 e. The van der Waals surface area contributed by atoms with E-state index in [-0.39, 0.29) is 16.5 Å². The SMILES string of the molecule is O=C(c1ccccc1I)N1CCN(c2ccc([N+](=O)[O-])c(NCCc3ccccc3)c2)CC1. The molecule has 3 aromatic carbocycles. The van der Waals surface area contributed by atoms with E-state index in [1.807, 2.05) is 65.6 Å². The normalized spacial score (nSPS) is 13.6. The number of nitro benzene ring substituents is 1. The lowest BCUT2D eigenvalue weighted by Gasteiger charge is -2.36. The van der Waals surface area contributed by atoms with Gasteiger partial charge in [0.05, 0.1) is 10.5 Å². The third-order valence-electron chi connectivity index (χ3n) is 5.79. The van der Waals surface area contributed by atoms with E-state index < -0.39 is 0 Å². The summed E-state index contributed by atoms with van der Waals surface area (Å²) in [4.78, 5) is 28.1. The highest BCUT2D eigenvalue weighted by Crippen LogP contribution is 2.30. The Bertz CT molecular complexity index is 1130. The third kappa shape index (κ3) is 5.62. The number of anilines is 2. The van der Waals surface area contributed by atoms with E-state index >= 15 is 0 Å². The molecule has 8 heteroatoms. The van der Waals surface area contributed by atoms with Crippen molar-refractivity contribution in [2.75, 3.05) is 42.9 Å². The summed E-state index contributed by atoms with van der Waals surface area (Å²) in [6.45, 7) is 3.17. The largest absolute Gasteiger partial charge is 0.379 e. The van der Waals surface area contributed by atoms with Crippen LogP contribution in [0.4, 0.5) is 17.1 Å². The number of halogens is 1. The predicted molar refractivity (Wildman–Crippen MR) is 139 cm³/mol. The number of carbonyl (C=O) groups excluding carboxylic acids is 1. The van der Waals surface area contributed by atoms with Gasteiger partial charge in [0.25, 0.3) is 11.6 Å². The molecule has 4 rings (SSSR count). The zero-order valence-corrected chi connectivity index (χ0v) is 20.3. The molecule has 1 fully saturated rings. The molecule has 0 atom stereocenters. The first kappa shape index (κ1) is 23.0. The number of carbonyl (C=O) groups is 1. The van der Waals surface area contributed by atoms with Gasteiger partial charge in [-0.2, -0.15) is 0 Å². The summed E-state index contributed by atoms with van der Waals surface area (Å²) >= 11 is 2.19. The lowest BCUT2D eigenvalue weighted by molar-refractivity contribution is -0.383. The summed E-state index contributed by atoms with van der Waals surface area (Å²) in [5.74, 6) is 0.0478. The summed E-state index contributed by atoms with van der Waals surface area (Å²) < 4.78 is 0.948. The molecule has 1 heterocycles. The zero-order chi connectivity index (χ0) is 23.2. The molecule has 0 unspecified atom stereocenters. The second kappa shape index (κ2) is 10.7. The van der Waals surface area contributed by atoms with Crippen molar-refractivity contribution in [2.45, 2.75) is 6.42 Å². The Kier molecular flexibility index (Phi) is 7.43. The van der Waals surface area contributed by atoms with Crippen LogP contribution in [0, 0.1) is 13.7 Å². The number of nitro groups is 1. The van der Waals surface area contributed by atoms with E-state index in [1.165, 1.54) is 5.56 Å². The molecule has 0 saturated carbocycles. The van der Waals surface area contributed by atoms with Crippen molar-refractivity contribution in [3.8, 4) is 0 Å². The monoisotopic (exact) mass is 556 g/mol. The topological polar surface area (TPSA) is 78.7 Å². The molecule has 1 aliphatic heterocycles.